The highest BCUT2D eigenvalue weighted by atomic mass is 31.2. The molecule has 0 aromatic heterocycles. The van der Waals surface area contributed by atoms with Gasteiger partial charge in [0.2, 0.25) is 0 Å². The molecule has 0 saturated heterocycles. The second kappa shape index (κ2) is 45.7. The number of phosphoric acid groups is 2. The van der Waals surface area contributed by atoms with Crippen molar-refractivity contribution in [3.05, 3.63) is 36.5 Å². The fourth-order valence-electron chi connectivity index (χ4n) is 6.74. The lowest BCUT2D eigenvalue weighted by Crippen LogP contribution is -2.25. The first-order valence-electron chi connectivity index (χ1n) is 25.4. The highest BCUT2D eigenvalue weighted by molar-refractivity contribution is 7.47. The van der Waals surface area contributed by atoms with Gasteiger partial charge in [0.25, 0.3) is 0 Å². The van der Waals surface area contributed by atoms with Crippen LogP contribution in [0.1, 0.15) is 206 Å². The van der Waals surface area contributed by atoms with Gasteiger partial charge in [-0.25, -0.2) is 9.13 Å². The number of rotatable bonds is 49. The highest BCUT2D eigenvalue weighted by Crippen LogP contribution is 2.45. The van der Waals surface area contributed by atoms with Crippen molar-refractivity contribution in [2.24, 2.45) is 0 Å². The van der Waals surface area contributed by atoms with Crippen LogP contribution in [0.4, 0.5) is 0 Å². The molecule has 5 unspecified atom stereocenters. The summed E-state index contributed by atoms with van der Waals surface area (Å²) in [5.41, 5.74) is 0. The lowest BCUT2D eigenvalue weighted by atomic mass is 10.0. The summed E-state index contributed by atoms with van der Waals surface area (Å²) in [5, 5.41) is 30.0. The first-order chi connectivity index (χ1) is 31.8. The Balaban J connectivity index is 3.84. The summed E-state index contributed by atoms with van der Waals surface area (Å²) in [7, 11) is -9.57. The van der Waals surface area contributed by atoms with Crippen molar-refractivity contribution in [2.45, 2.75) is 225 Å². The van der Waals surface area contributed by atoms with Crippen LogP contribution >= 0.6 is 15.6 Å². The van der Waals surface area contributed by atoms with Gasteiger partial charge < -0.3 is 34.6 Å². The van der Waals surface area contributed by atoms with E-state index in [1.165, 1.54) is 96.3 Å². The summed E-state index contributed by atoms with van der Waals surface area (Å²) in [4.78, 5) is 43.8. The van der Waals surface area contributed by atoms with Crippen LogP contribution < -0.4 is 0 Å². The van der Waals surface area contributed by atoms with Crippen LogP contribution in [-0.4, -0.2) is 95.0 Å². The van der Waals surface area contributed by atoms with Gasteiger partial charge in [0, 0.05) is 12.8 Å². The molecule has 0 saturated carbocycles. The molecule has 5 N–H and O–H groups in total. The topological polar surface area (TPSA) is 225 Å². The SMILES string of the molecule is CC/C=C/C=C/C=C/CCCCCCCCCC(=O)OCC(O)COP(=O)(O)OCC(O)COP(=O)(O)OCC(O)COC(=O)CCCCCCCCCCCCCCCCCCCCC. The second-order valence-electron chi connectivity index (χ2n) is 17.2. The Morgan fingerprint density at radius 3 is 1.03 bits per heavy atom. The number of carbonyl (C=O) groups excluding carboxylic acids is 2. The monoisotopic (exact) mass is 983 g/mol. The molecular weight excluding hydrogens is 890 g/mol. The van der Waals surface area contributed by atoms with Crippen molar-refractivity contribution >= 4 is 27.6 Å². The van der Waals surface area contributed by atoms with Crippen LogP contribution in [0, 0.1) is 0 Å². The molecule has 0 heterocycles. The summed E-state index contributed by atoms with van der Waals surface area (Å²) in [6.45, 7) is 0.308. The van der Waals surface area contributed by atoms with Gasteiger partial charge in [-0.1, -0.05) is 198 Å². The zero-order valence-electron chi connectivity index (χ0n) is 40.9. The summed E-state index contributed by atoms with van der Waals surface area (Å²) < 4.78 is 53.0. The molecule has 15 nitrogen and oxygen atoms in total. The molecule has 0 fully saturated rings. The fourth-order valence-corrected chi connectivity index (χ4v) is 8.33. The summed E-state index contributed by atoms with van der Waals surface area (Å²) >= 11 is 0. The zero-order valence-corrected chi connectivity index (χ0v) is 42.7. The molecule has 0 radical (unpaired) electrons. The molecule has 17 heteroatoms. The maximum atomic E-state index is 12.2. The Hall–Kier alpha value is -1.74. The average Bonchev–Trinajstić information content (AvgIpc) is 3.29. The lowest BCUT2D eigenvalue weighted by molar-refractivity contribution is -0.148. The summed E-state index contributed by atoms with van der Waals surface area (Å²) in [6, 6.07) is 0. The van der Waals surface area contributed by atoms with E-state index >= 15 is 0 Å². The summed E-state index contributed by atoms with van der Waals surface area (Å²) in [6.07, 6.45) is 41.3. The number of phosphoric ester groups is 2. The number of allylic oxidation sites excluding steroid dienone is 6. The zero-order chi connectivity index (χ0) is 48.8. The Morgan fingerprint density at radius 2 is 0.697 bits per heavy atom. The first kappa shape index (κ1) is 64.3. The number of esters is 2. The van der Waals surface area contributed by atoms with Crippen molar-refractivity contribution in [1.82, 2.24) is 0 Å². The van der Waals surface area contributed by atoms with Crippen LogP contribution in [0.25, 0.3) is 0 Å². The van der Waals surface area contributed by atoms with Crippen LogP contribution in [-0.2, 0) is 46.3 Å². The normalized spacial score (nSPS) is 15.3. The lowest BCUT2D eigenvalue weighted by Gasteiger charge is -2.19. The Kier molecular flexibility index (Phi) is 44.5. The third-order valence-corrected chi connectivity index (χ3v) is 12.6. The van der Waals surface area contributed by atoms with Crippen molar-refractivity contribution in [3.63, 3.8) is 0 Å². The predicted octanol–water partition coefficient (Wildman–Crippen LogP) is 11.8. The molecule has 0 amide bonds. The largest absolute Gasteiger partial charge is 0.472 e. The smallest absolute Gasteiger partial charge is 0.463 e. The number of ether oxygens (including phenoxy) is 2. The molecule has 66 heavy (non-hydrogen) atoms. The number of aliphatic hydroxyl groups is 3. The van der Waals surface area contributed by atoms with E-state index in [-0.39, 0.29) is 12.8 Å². The molecule has 0 aromatic rings. The van der Waals surface area contributed by atoms with Gasteiger partial charge in [-0.2, -0.15) is 0 Å². The predicted molar refractivity (Wildman–Crippen MR) is 261 cm³/mol. The Labute approximate surface area is 398 Å². The number of hydrogen-bond donors (Lipinski definition) is 5. The van der Waals surface area contributed by atoms with Crippen LogP contribution in [0.2, 0.25) is 0 Å². The number of carbonyl (C=O) groups is 2. The van der Waals surface area contributed by atoms with E-state index in [1.807, 2.05) is 18.2 Å². The minimum Gasteiger partial charge on any atom is -0.463 e. The Bertz CT molecular complexity index is 1330. The van der Waals surface area contributed by atoms with E-state index in [1.54, 1.807) is 0 Å². The van der Waals surface area contributed by atoms with Gasteiger partial charge in [0.05, 0.1) is 26.4 Å². The van der Waals surface area contributed by atoms with Crippen LogP contribution in [0.5, 0.6) is 0 Å². The van der Waals surface area contributed by atoms with Gasteiger partial charge in [0.15, 0.2) is 0 Å². The van der Waals surface area contributed by atoms with E-state index in [2.05, 4.69) is 45.6 Å². The van der Waals surface area contributed by atoms with Gasteiger partial charge in [-0.3, -0.25) is 27.7 Å². The average molecular weight is 983 g/mol. The van der Waals surface area contributed by atoms with Gasteiger partial charge >= 0.3 is 27.6 Å². The quantitative estimate of drug-likeness (QED) is 0.0165. The number of hydrogen-bond acceptors (Lipinski definition) is 13. The molecule has 388 valence electrons. The molecule has 0 aliphatic rings. The fraction of sp³-hybridized carbons (Fsp3) is 0.837. The second-order valence-corrected chi connectivity index (χ2v) is 20.1. The molecule has 0 bridgehead atoms. The third-order valence-electron chi connectivity index (χ3n) is 10.7. The molecule has 0 aliphatic carbocycles. The maximum Gasteiger partial charge on any atom is 0.472 e. The van der Waals surface area contributed by atoms with Gasteiger partial charge in [-0.05, 0) is 32.1 Å². The molecule has 0 spiro atoms. The van der Waals surface area contributed by atoms with E-state index < -0.39 is 85.5 Å². The molecule has 0 aromatic carbocycles. The van der Waals surface area contributed by atoms with E-state index in [9.17, 15) is 43.8 Å². The number of aliphatic hydroxyl groups excluding tert-OH is 3. The standard InChI is InChI=1S/C49H92O15P2/c1-3-5-7-9-11-13-15-17-19-20-21-22-24-26-28-30-32-34-36-38-49(54)60-40-46(51)42-62-66(57,58)64-44-47(52)43-63-65(55,56)61-41-45(50)39-59-48(53)37-35-33-31-29-27-25-23-18-16-14-12-10-8-6-4-2/h6,8,10,12,14,16,45-47,50-52H,3-5,7,9,11,13,15,17-44H2,1-2H3,(H,55,56)(H,57,58)/b8-6+,12-10+,16-14+. The molecule has 5 atom stereocenters. The van der Waals surface area contributed by atoms with Crippen molar-refractivity contribution in [2.75, 3.05) is 39.6 Å². The van der Waals surface area contributed by atoms with Gasteiger partial charge in [-0.15, -0.1) is 0 Å². The Morgan fingerprint density at radius 1 is 0.409 bits per heavy atom. The summed E-state index contributed by atoms with van der Waals surface area (Å²) in [5.74, 6) is -1.00. The van der Waals surface area contributed by atoms with E-state index in [4.69, 9.17) is 14.0 Å². The first-order valence-corrected chi connectivity index (χ1v) is 28.4. The van der Waals surface area contributed by atoms with Crippen LogP contribution in [0.15, 0.2) is 36.5 Å². The minimum atomic E-state index is -4.79. The molecule has 0 aliphatic heterocycles. The maximum absolute atomic E-state index is 12.2. The minimum absolute atomic E-state index is 0.183. The molecule has 0 rings (SSSR count). The highest BCUT2D eigenvalue weighted by Gasteiger charge is 2.28. The molecular formula is C49H92O15P2. The third kappa shape index (κ3) is 47.3. The van der Waals surface area contributed by atoms with Crippen molar-refractivity contribution in [1.29, 1.82) is 0 Å². The van der Waals surface area contributed by atoms with Crippen molar-refractivity contribution < 1.29 is 71.4 Å². The van der Waals surface area contributed by atoms with Crippen molar-refractivity contribution in [3.8, 4) is 0 Å². The van der Waals surface area contributed by atoms with Crippen LogP contribution in [0.3, 0.4) is 0 Å². The van der Waals surface area contributed by atoms with Gasteiger partial charge in [0.1, 0.15) is 31.5 Å². The number of unbranched alkanes of at least 4 members (excludes halogenated alkanes) is 25. The van der Waals surface area contributed by atoms with E-state index in [0.29, 0.717) is 12.8 Å². The van der Waals surface area contributed by atoms with E-state index in [0.717, 1.165) is 70.6 Å².